The van der Waals surface area contributed by atoms with E-state index in [1.165, 1.54) is 6.07 Å². The highest BCUT2D eigenvalue weighted by Gasteiger charge is 2.12. The highest BCUT2D eigenvalue weighted by molar-refractivity contribution is 6.34. The minimum absolute atomic E-state index is 0.189. The Morgan fingerprint density at radius 1 is 0.879 bits per heavy atom. The summed E-state index contributed by atoms with van der Waals surface area (Å²) in [6, 6.07) is 25.2. The average molecular weight is 456 g/mol. The summed E-state index contributed by atoms with van der Waals surface area (Å²) in [5.74, 6) is -0.279. The Labute approximate surface area is 194 Å². The van der Waals surface area contributed by atoms with E-state index in [4.69, 9.17) is 11.6 Å². The van der Waals surface area contributed by atoms with E-state index < -0.39 is 5.97 Å². The molecule has 162 valence electrons. The number of aromatic amines is 1. The van der Waals surface area contributed by atoms with Crippen molar-refractivity contribution in [2.45, 2.75) is 0 Å². The van der Waals surface area contributed by atoms with Crippen molar-refractivity contribution in [3.05, 3.63) is 95.5 Å². The predicted molar refractivity (Wildman–Crippen MR) is 130 cm³/mol. The number of phenols is 1. The lowest BCUT2D eigenvalue weighted by molar-refractivity contribution is 0.0697. The second-order valence-electron chi connectivity index (χ2n) is 7.54. The highest BCUT2D eigenvalue weighted by atomic mass is 35.5. The maximum atomic E-state index is 11.2. The van der Waals surface area contributed by atoms with Crippen LogP contribution in [-0.2, 0) is 0 Å². The number of benzene rings is 4. The first-order valence-electron chi connectivity index (χ1n) is 10.2. The Morgan fingerprint density at radius 2 is 1.61 bits per heavy atom. The number of anilines is 2. The first kappa shape index (κ1) is 20.6. The number of phenolic OH excluding ortho intramolecular Hbond substituents is 1. The van der Waals surface area contributed by atoms with Crippen molar-refractivity contribution in [3.8, 4) is 28.0 Å². The lowest BCUT2D eigenvalue weighted by atomic mass is 9.99. The molecule has 0 aliphatic heterocycles. The topological polar surface area (TPSA) is 98.2 Å². The number of rotatable bonds is 5. The van der Waals surface area contributed by atoms with Gasteiger partial charge in [0.25, 0.3) is 0 Å². The van der Waals surface area contributed by atoms with Gasteiger partial charge in [0.2, 0.25) is 5.95 Å². The molecule has 0 saturated heterocycles. The summed E-state index contributed by atoms with van der Waals surface area (Å²) in [6.45, 7) is 0. The molecule has 0 fully saturated rings. The summed E-state index contributed by atoms with van der Waals surface area (Å²) in [5.41, 5.74) is 5.70. The van der Waals surface area contributed by atoms with Crippen LogP contribution in [0.2, 0.25) is 5.02 Å². The van der Waals surface area contributed by atoms with Crippen LogP contribution in [0.15, 0.2) is 84.9 Å². The summed E-state index contributed by atoms with van der Waals surface area (Å²) >= 11 is 6.57. The number of aromatic carboxylic acids is 1. The van der Waals surface area contributed by atoms with E-state index in [1.807, 2.05) is 48.5 Å². The van der Waals surface area contributed by atoms with Gasteiger partial charge >= 0.3 is 5.97 Å². The normalized spacial score (nSPS) is 10.9. The Morgan fingerprint density at radius 3 is 2.33 bits per heavy atom. The molecule has 0 radical (unpaired) electrons. The molecule has 0 amide bonds. The Kier molecular flexibility index (Phi) is 5.20. The molecule has 4 N–H and O–H groups in total. The van der Waals surface area contributed by atoms with Crippen molar-refractivity contribution in [2.24, 2.45) is 0 Å². The van der Waals surface area contributed by atoms with Crippen molar-refractivity contribution in [1.82, 2.24) is 9.97 Å². The van der Waals surface area contributed by atoms with Crippen molar-refractivity contribution in [3.63, 3.8) is 0 Å². The third kappa shape index (κ3) is 4.12. The second-order valence-corrected chi connectivity index (χ2v) is 7.95. The number of H-pyrrole nitrogens is 1. The molecular formula is C26H18ClN3O3. The molecule has 0 spiro atoms. The van der Waals surface area contributed by atoms with Crippen LogP contribution in [-0.4, -0.2) is 26.2 Å². The summed E-state index contributed by atoms with van der Waals surface area (Å²) < 4.78 is 0. The number of imidazole rings is 1. The molecule has 0 unspecified atom stereocenters. The maximum Gasteiger partial charge on any atom is 0.335 e. The van der Waals surface area contributed by atoms with Crippen molar-refractivity contribution < 1.29 is 15.0 Å². The van der Waals surface area contributed by atoms with Crippen LogP contribution in [0.1, 0.15) is 10.4 Å². The average Bonchev–Trinajstić information content (AvgIpc) is 3.20. The number of nitrogens with one attached hydrogen (secondary N) is 2. The molecule has 1 heterocycles. The van der Waals surface area contributed by atoms with E-state index in [2.05, 4.69) is 15.3 Å². The first-order valence-corrected chi connectivity index (χ1v) is 10.5. The SMILES string of the molecule is O=C(O)c1cccc(Nc2nc3cc(-c4ccc(-c5ccccc5O)cc4)c(Cl)cc3[nH]2)c1. The quantitative estimate of drug-likeness (QED) is 0.236. The lowest BCUT2D eigenvalue weighted by Crippen LogP contribution is -1.98. The van der Waals surface area contributed by atoms with Gasteiger partial charge in [0, 0.05) is 16.8 Å². The molecule has 5 aromatic rings. The summed E-state index contributed by atoms with van der Waals surface area (Å²) in [4.78, 5) is 18.9. The van der Waals surface area contributed by atoms with Gasteiger partial charge in [-0.05, 0) is 47.5 Å². The Hall–Kier alpha value is -4.29. The zero-order valence-electron chi connectivity index (χ0n) is 17.2. The number of carbonyl (C=O) groups is 1. The molecule has 0 atom stereocenters. The third-order valence-corrected chi connectivity index (χ3v) is 5.67. The van der Waals surface area contributed by atoms with E-state index >= 15 is 0 Å². The van der Waals surface area contributed by atoms with E-state index in [0.717, 1.165) is 33.3 Å². The zero-order valence-corrected chi connectivity index (χ0v) is 18.0. The number of hydrogen-bond acceptors (Lipinski definition) is 4. The second kappa shape index (κ2) is 8.33. The van der Waals surface area contributed by atoms with Gasteiger partial charge in [-0.25, -0.2) is 9.78 Å². The number of para-hydroxylation sites is 1. The van der Waals surface area contributed by atoms with Crippen molar-refractivity contribution in [1.29, 1.82) is 0 Å². The maximum absolute atomic E-state index is 11.2. The highest BCUT2D eigenvalue weighted by Crippen LogP contribution is 2.35. The van der Waals surface area contributed by atoms with E-state index in [0.29, 0.717) is 16.7 Å². The largest absolute Gasteiger partial charge is 0.507 e. The van der Waals surface area contributed by atoms with E-state index in [1.54, 1.807) is 30.3 Å². The lowest BCUT2D eigenvalue weighted by Gasteiger charge is -2.08. The minimum atomic E-state index is -0.992. The van der Waals surface area contributed by atoms with Gasteiger partial charge in [-0.15, -0.1) is 0 Å². The van der Waals surface area contributed by atoms with Crippen LogP contribution >= 0.6 is 11.6 Å². The first-order chi connectivity index (χ1) is 16.0. The molecule has 6 nitrogen and oxygen atoms in total. The Bertz CT molecular complexity index is 1490. The number of halogens is 1. The predicted octanol–water partition coefficient (Wildman–Crippen LogP) is 6.70. The number of carboxylic acid groups (broad SMARTS) is 1. The molecule has 7 heteroatoms. The molecule has 33 heavy (non-hydrogen) atoms. The summed E-state index contributed by atoms with van der Waals surface area (Å²) in [5, 5.41) is 22.9. The molecule has 0 aliphatic carbocycles. The standard InChI is InChI=1S/C26H18ClN3O3/c27-21-14-23-22(29-26(30-23)28-18-5-3-4-17(12-18)25(32)33)13-20(21)16-10-8-15(9-11-16)19-6-1-2-7-24(19)31/h1-14,31H,(H,32,33)(H2,28,29,30). The van der Waals surface area contributed by atoms with E-state index in [-0.39, 0.29) is 11.3 Å². The molecule has 0 aliphatic rings. The fraction of sp³-hybridized carbons (Fsp3) is 0. The van der Waals surface area contributed by atoms with E-state index in [9.17, 15) is 15.0 Å². The van der Waals surface area contributed by atoms with Crippen LogP contribution in [0, 0.1) is 0 Å². The van der Waals surface area contributed by atoms with Crippen molar-refractivity contribution >= 4 is 40.2 Å². The smallest absolute Gasteiger partial charge is 0.335 e. The Balaban J connectivity index is 1.45. The van der Waals surface area contributed by atoms with Gasteiger partial charge in [0.1, 0.15) is 5.75 Å². The molecule has 5 rings (SSSR count). The summed E-state index contributed by atoms with van der Waals surface area (Å²) in [6.07, 6.45) is 0. The zero-order chi connectivity index (χ0) is 22.9. The fourth-order valence-electron chi connectivity index (χ4n) is 3.72. The molecule has 0 saturated carbocycles. The van der Waals surface area contributed by atoms with Gasteiger partial charge in [0.05, 0.1) is 21.6 Å². The van der Waals surface area contributed by atoms with Crippen molar-refractivity contribution in [2.75, 3.05) is 5.32 Å². The monoisotopic (exact) mass is 455 g/mol. The van der Waals surface area contributed by atoms with Crippen LogP contribution in [0.3, 0.4) is 0 Å². The molecule has 0 bridgehead atoms. The van der Waals surface area contributed by atoms with Crippen LogP contribution in [0.5, 0.6) is 5.75 Å². The molecular weight excluding hydrogens is 438 g/mol. The number of aromatic nitrogens is 2. The summed E-state index contributed by atoms with van der Waals surface area (Å²) in [7, 11) is 0. The minimum Gasteiger partial charge on any atom is -0.507 e. The number of fused-ring (bicyclic) bond motifs is 1. The van der Waals surface area contributed by atoms with Gasteiger partial charge in [-0.1, -0.05) is 60.1 Å². The van der Waals surface area contributed by atoms with Gasteiger partial charge < -0.3 is 20.5 Å². The van der Waals surface area contributed by atoms with Crippen LogP contribution in [0.4, 0.5) is 11.6 Å². The van der Waals surface area contributed by atoms with Crippen LogP contribution < -0.4 is 5.32 Å². The fourth-order valence-corrected chi connectivity index (χ4v) is 4.00. The van der Waals surface area contributed by atoms with Gasteiger partial charge in [0.15, 0.2) is 0 Å². The van der Waals surface area contributed by atoms with Crippen LogP contribution in [0.25, 0.3) is 33.3 Å². The number of nitrogens with zero attached hydrogens (tertiary/aromatic N) is 1. The van der Waals surface area contributed by atoms with Gasteiger partial charge in [-0.2, -0.15) is 0 Å². The molecule has 4 aromatic carbocycles. The number of carboxylic acids is 1. The number of aromatic hydroxyl groups is 1. The molecule has 1 aromatic heterocycles. The number of hydrogen-bond donors (Lipinski definition) is 4. The third-order valence-electron chi connectivity index (χ3n) is 5.35. The van der Waals surface area contributed by atoms with Gasteiger partial charge in [-0.3, -0.25) is 0 Å².